The molecule has 1 aliphatic rings. The number of benzene rings is 1. The van der Waals surface area contributed by atoms with E-state index in [0.29, 0.717) is 31.0 Å². The Balaban J connectivity index is 1.69. The van der Waals surface area contributed by atoms with E-state index in [1.807, 2.05) is 13.8 Å². The van der Waals surface area contributed by atoms with E-state index >= 15 is 0 Å². The van der Waals surface area contributed by atoms with Crippen LogP contribution in [0, 0.1) is 0 Å². The molecular formula is C19H24N6O5. The molecule has 4 amide bonds. The van der Waals surface area contributed by atoms with Crippen LogP contribution in [0.4, 0.5) is 10.5 Å². The number of hydrogen-bond donors (Lipinski definition) is 3. The summed E-state index contributed by atoms with van der Waals surface area (Å²) in [4.78, 5) is 36.2. The molecule has 2 heterocycles. The molecule has 30 heavy (non-hydrogen) atoms. The van der Waals surface area contributed by atoms with Crippen molar-refractivity contribution < 1.29 is 23.9 Å². The molecule has 0 saturated carbocycles. The van der Waals surface area contributed by atoms with Crippen molar-refractivity contribution in [2.45, 2.75) is 39.1 Å². The van der Waals surface area contributed by atoms with Gasteiger partial charge in [0.15, 0.2) is 12.0 Å². The van der Waals surface area contributed by atoms with E-state index in [9.17, 15) is 14.4 Å². The van der Waals surface area contributed by atoms with E-state index in [-0.39, 0.29) is 5.69 Å². The summed E-state index contributed by atoms with van der Waals surface area (Å²) in [5, 5.41) is 15.3. The summed E-state index contributed by atoms with van der Waals surface area (Å²) >= 11 is 0. The lowest BCUT2D eigenvalue weighted by atomic mass is 9.92. The summed E-state index contributed by atoms with van der Waals surface area (Å²) in [7, 11) is 0. The molecular weight excluding hydrogens is 392 g/mol. The number of carbonyl (C=O) groups is 3. The van der Waals surface area contributed by atoms with Crippen molar-refractivity contribution in [3.05, 3.63) is 41.7 Å². The van der Waals surface area contributed by atoms with Crippen LogP contribution in [0.2, 0.25) is 0 Å². The average molecular weight is 416 g/mol. The molecule has 1 aromatic heterocycles. The van der Waals surface area contributed by atoms with Crippen LogP contribution in [0.5, 0.6) is 0 Å². The monoisotopic (exact) mass is 416 g/mol. The average Bonchev–Trinajstić information content (AvgIpc) is 3.27. The molecule has 1 aromatic carbocycles. The van der Waals surface area contributed by atoms with Gasteiger partial charge in [-0.15, -0.1) is 5.10 Å². The molecule has 0 aliphatic carbocycles. The first-order valence-corrected chi connectivity index (χ1v) is 9.54. The van der Waals surface area contributed by atoms with Crippen LogP contribution in [-0.2, 0) is 26.4 Å². The predicted molar refractivity (Wildman–Crippen MR) is 105 cm³/mol. The fraction of sp³-hybridized carbons (Fsp3) is 0.421. The SMILES string of the molecule is CCOC(Cn1cc(C(=O)Nc2cccc(C3(C)NC(=O)NC3=O)c2)nn1)OCC. The van der Waals surface area contributed by atoms with Crippen LogP contribution < -0.4 is 16.0 Å². The number of nitrogens with zero attached hydrogens (tertiary/aromatic N) is 3. The highest BCUT2D eigenvalue weighted by Crippen LogP contribution is 2.26. The van der Waals surface area contributed by atoms with Crippen molar-refractivity contribution in [1.29, 1.82) is 0 Å². The molecule has 1 atom stereocenters. The second-order valence-electron chi connectivity index (χ2n) is 6.73. The van der Waals surface area contributed by atoms with Crippen molar-refractivity contribution in [3.63, 3.8) is 0 Å². The van der Waals surface area contributed by atoms with Crippen LogP contribution in [0.15, 0.2) is 30.5 Å². The van der Waals surface area contributed by atoms with E-state index < -0.39 is 29.7 Å². The van der Waals surface area contributed by atoms with E-state index in [0.717, 1.165) is 0 Å². The highest BCUT2D eigenvalue weighted by Gasteiger charge is 2.43. The zero-order valence-electron chi connectivity index (χ0n) is 17.0. The number of anilines is 1. The van der Waals surface area contributed by atoms with Gasteiger partial charge in [0.05, 0.1) is 12.7 Å². The lowest BCUT2D eigenvalue weighted by Crippen LogP contribution is -2.40. The summed E-state index contributed by atoms with van der Waals surface area (Å²) in [6, 6.07) is 6.10. The molecule has 3 N–H and O–H groups in total. The molecule has 0 radical (unpaired) electrons. The van der Waals surface area contributed by atoms with Gasteiger partial charge in [0, 0.05) is 18.9 Å². The summed E-state index contributed by atoms with van der Waals surface area (Å²) < 4.78 is 12.4. The molecule has 0 spiro atoms. The molecule has 1 aliphatic heterocycles. The van der Waals surface area contributed by atoms with E-state index in [1.165, 1.54) is 10.9 Å². The third-order valence-electron chi connectivity index (χ3n) is 4.56. The minimum atomic E-state index is -1.21. The van der Waals surface area contributed by atoms with E-state index in [1.54, 1.807) is 31.2 Å². The second kappa shape index (κ2) is 9.01. The van der Waals surface area contributed by atoms with E-state index in [2.05, 4.69) is 26.3 Å². The molecule has 3 rings (SSSR count). The Morgan fingerprint density at radius 3 is 2.63 bits per heavy atom. The third kappa shape index (κ3) is 4.63. The van der Waals surface area contributed by atoms with E-state index in [4.69, 9.17) is 9.47 Å². The smallest absolute Gasteiger partial charge is 0.322 e. The minimum Gasteiger partial charge on any atom is -0.351 e. The number of rotatable bonds is 9. The summed E-state index contributed by atoms with van der Waals surface area (Å²) in [5.41, 5.74) is -0.119. The lowest BCUT2D eigenvalue weighted by molar-refractivity contribution is -0.145. The highest BCUT2D eigenvalue weighted by molar-refractivity contribution is 6.07. The third-order valence-corrected chi connectivity index (χ3v) is 4.56. The van der Waals surface area contributed by atoms with Crippen molar-refractivity contribution in [2.75, 3.05) is 18.5 Å². The van der Waals surface area contributed by atoms with Crippen LogP contribution in [-0.4, -0.2) is 52.3 Å². The van der Waals surface area contributed by atoms with Crippen LogP contribution >= 0.6 is 0 Å². The number of ether oxygens (including phenoxy) is 2. The first-order chi connectivity index (χ1) is 14.4. The minimum absolute atomic E-state index is 0.116. The molecule has 0 bridgehead atoms. The molecule has 1 saturated heterocycles. The second-order valence-corrected chi connectivity index (χ2v) is 6.73. The number of amides is 4. The lowest BCUT2D eigenvalue weighted by Gasteiger charge is -2.21. The maximum Gasteiger partial charge on any atom is 0.322 e. The van der Waals surface area contributed by atoms with Crippen LogP contribution in [0.1, 0.15) is 36.8 Å². The number of nitrogens with one attached hydrogen (secondary N) is 3. The number of imide groups is 1. The van der Waals surface area contributed by atoms with Crippen molar-refractivity contribution in [3.8, 4) is 0 Å². The Morgan fingerprint density at radius 1 is 1.27 bits per heavy atom. The standard InChI is InChI=1S/C19H24N6O5/c1-4-29-15(30-5-2)11-25-10-14(23-24-25)16(26)20-13-8-6-7-12(9-13)19(3)17(27)21-18(28)22-19/h6-10,15H,4-5,11H2,1-3H3,(H,20,26)(H2,21,22,27,28). The van der Waals surface area contributed by atoms with Crippen molar-refractivity contribution in [2.24, 2.45) is 0 Å². The maximum absolute atomic E-state index is 12.6. The number of urea groups is 1. The molecule has 160 valence electrons. The topological polar surface area (TPSA) is 136 Å². The normalized spacial score (nSPS) is 18.4. The summed E-state index contributed by atoms with van der Waals surface area (Å²) in [6.07, 6.45) is 1.01. The highest BCUT2D eigenvalue weighted by atomic mass is 16.7. The van der Waals surface area contributed by atoms with Gasteiger partial charge in [-0.25, -0.2) is 9.48 Å². The Hall–Kier alpha value is -3.31. The van der Waals surface area contributed by atoms with Crippen LogP contribution in [0.25, 0.3) is 0 Å². The molecule has 1 fully saturated rings. The largest absolute Gasteiger partial charge is 0.351 e. The van der Waals surface area contributed by atoms with Crippen molar-refractivity contribution in [1.82, 2.24) is 25.6 Å². The van der Waals surface area contributed by atoms with Gasteiger partial charge >= 0.3 is 6.03 Å². The number of carbonyl (C=O) groups excluding carboxylic acids is 3. The van der Waals surface area contributed by atoms with Crippen LogP contribution in [0.3, 0.4) is 0 Å². The Bertz CT molecular complexity index is 939. The first kappa shape index (κ1) is 21.4. The first-order valence-electron chi connectivity index (χ1n) is 9.54. The number of aromatic nitrogens is 3. The predicted octanol–water partition coefficient (Wildman–Crippen LogP) is 0.984. The zero-order chi connectivity index (χ0) is 21.7. The summed E-state index contributed by atoms with van der Waals surface area (Å²) in [6.45, 7) is 6.58. The summed E-state index contributed by atoms with van der Waals surface area (Å²) in [5.74, 6) is -0.926. The van der Waals surface area contributed by atoms with Gasteiger partial charge in [-0.05, 0) is 38.5 Å². The number of hydrogen-bond acceptors (Lipinski definition) is 7. The molecule has 2 aromatic rings. The quantitative estimate of drug-likeness (QED) is 0.409. The van der Waals surface area contributed by atoms with Gasteiger partial charge in [-0.3, -0.25) is 14.9 Å². The Kier molecular flexibility index (Phi) is 6.43. The Labute approximate surface area is 173 Å². The molecule has 11 nitrogen and oxygen atoms in total. The molecule has 1 unspecified atom stereocenters. The zero-order valence-corrected chi connectivity index (χ0v) is 17.0. The van der Waals surface area contributed by atoms with Gasteiger partial charge < -0.3 is 20.1 Å². The van der Waals surface area contributed by atoms with Crippen molar-refractivity contribution >= 4 is 23.5 Å². The molecule has 11 heteroatoms. The Morgan fingerprint density at radius 2 is 2.00 bits per heavy atom. The van der Waals surface area contributed by atoms with Gasteiger partial charge in [0.1, 0.15) is 5.54 Å². The van der Waals surface area contributed by atoms with Gasteiger partial charge in [-0.1, -0.05) is 17.3 Å². The maximum atomic E-state index is 12.6. The van der Waals surface area contributed by atoms with Gasteiger partial charge in [0.2, 0.25) is 0 Å². The van der Waals surface area contributed by atoms with Gasteiger partial charge in [0.25, 0.3) is 11.8 Å². The fourth-order valence-electron chi connectivity index (χ4n) is 3.02. The van der Waals surface area contributed by atoms with Gasteiger partial charge in [-0.2, -0.15) is 0 Å². The fourth-order valence-corrected chi connectivity index (χ4v) is 3.02.